The molecule has 0 saturated heterocycles. The summed E-state index contributed by atoms with van der Waals surface area (Å²) in [7, 11) is 0. The monoisotopic (exact) mass is 221 g/mol. The largest absolute Gasteiger partial charge is 0.326 e. The van der Waals surface area contributed by atoms with Crippen molar-refractivity contribution in [2.75, 3.05) is 6.67 Å². The number of halogens is 1. The second-order valence-electron chi connectivity index (χ2n) is 4.75. The number of benzene rings is 1. The molecule has 0 heterocycles. The van der Waals surface area contributed by atoms with Crippen LogP contribution in [0.2, 0.25) is 0 Å². The number of rotatable bonds is 4. The Morgan fingerprint density at radius 2 is 1.81 bits per heavy atom. The molecule has 1 fully saturated rings. The fourth-order valence-corrected chi connectivity index (χ4v) is 2.75. The van der Waals surface area contributed by atoms with Crippen molar-refractivity contribution in [3.8, 4) is 0 Å². The van der Waals surface area contributed by atoms with Gasteiger partial charge in [0.1, 0.15) is 0 Å². The molecule has 1 atom stereocenters. The van der Waals surface area contributed by atoms with Crippen LogP contribution < -0.4 is 5.73 Å². The van der Waals surface area contributed by atoms with Crippen LogP contribution in [-0.2, 0) is 6.54 Å². The Hall–Kier alpha value is -0.890. The standard InChI is InChI=1S/C14H20FN/c15-9-14(12-3-1-2-4-12)13-7-5-11(10-16)6-8-13/h5-8,12,14H,1-4,9-10,16H2. The van der Waals surface area contributed by atoms with Gasteiger partial charge in [0.25, 0.3) is 0 Å². The Morgan fingerprint density at radius 3 is 2.31 bits per heavy atom. The molecule has 2 N–H and O–H groups in total. The Morgan fingerprint density at radius 1 is 1.19 bits per heavy atom. The predicted molar refractivity (Wildman–Crippen MR) is 65.0 cm³/mol. The summed E-state index contributed by atoms with van der Waals surface area (Å²) in [5, 5.41) is 0. The third kappa shape index (κ3) is 2.43. The van der Waals surface area contributed by atoms with E-state index in [-0.39, 0.29) is 12.6 Å². The highest BCUT2D eigenvalue weighted by atomic mass is 19.1. The van der Waals surface area contributed by atoms with Gasteiger partial charge in [-0.05, 0) is 29.9 Å². The lowest BCUT2D eigenvalue weighted by Gasteiger charge is -2.20. The van der Waals surface area contributed by atoms with E-state index in [1.807, 2.05) is 24.3 Å². The fraction of sp³-hybridized carbons (Fsp3) is 0.571. The van der Waals surface area contributed by atoms with Gasteiger partial charge in [0.2, 0.25) is 0 Å². The molecule has 0 spiro atoms. The maximum Gasteiger partial charge on any atom is 0.0965 e. The quantitative estimate of drug-likeness (QED) is 0.828. The van der Waals surface area contributed by atoms with Crippen molar-refractivity contribution in [1.29, 1.82) is 0 Å². The molecule has 1 aromatic rings. The molecule has 1 nitrogen and oxygen atoms in total. The highest BCUT2D eigenvalue weighted by Crippen LogP contribution is 2.37. The Labute approximate surface area is 96.9 Å². The van der Waals surface area contributed by atoms with E-state index in [4.69, 9.17) is 5.73 Å². The van der Waals surface area contributed by atoms with Gasteiger partial charge in [0.15, 0.2) is 0 Å². The molecule has 1 unspecified atom stereocenters. The zero-order chi connectivity index (χ0) is 11.4. The molecule has 88 valence electrons. The van der Waals surface area contributed by atoms with E-state index in [1.54, 1.807) is 0 Å². The lowest BCUT2D eigenvalue weighted by molar-refractivity contribution is 0.337. The van der Waals surface area contributed by atoms with Crippen LogP contribution in [0.15, 0.2) is 24.3 Å². The molecule has 1 saturated carbocycles. The molecular weight excluding hydrogens is 201 g/mol. The Bertz CT molecular complexity index is 314. The van der Waals surface area contributed by atoms with Gasteiger partial charge in [-0.15, -0.1) is 0 Å². The first kappa shape index (κ1) is 11.6. The van der Waals surface area contributed by atoms with E-state index in [1.165, 1.54) is 25.7 Å². The van der Waals surface area contributed by atoms with Crippen molar-refractivity contribution in [3.63, 3.8) is 0 Å². The molecule has 0 bridgehead atoms. The van der Waals surface area contributed by atoms with Crippen LogP contribution in [0, 0.1) is 5.92 Å². The number of nitrogens with two attached hydrogens (primary N) is 1. The van der Waals surface area contributed by atoms with E-state index < -0.39 is 0 Å². The van der Waals surface area contributed by atoms with Gasteiger partial charge in [-0.1, -0.05) is 37.1 Å². The average Bonchev–Trinajstić information content (AvgIpc) is 2.85. The van der Waals surface area contributed by atoms with E-state index in [2.05, 4.69) is 0 Å². The summed E-state index contributed by atoms with van der Waals surface area (Å²) in [5.74, 6) is 0.656. The molecule has 1 aliphatic rings. The molecule has 0 radical (unpaired) electrons. The highest BCUT2D eigenvalue weighted by molar-refractivity contribution is 5.26. The summed E-state index contributed by atoms with van der Waals surface area (Å²) in [6.45, 7) is 0.330. The Balaban J connectivity index is 2.12. The first-order valence-corrected chi connectivity index (χ1v) is 6.20. The van der Waals surface area contributed by atoms with Gasteiger partial charge >= 0.3 is 0 Å². The van der Waals surface area contributed by atoms with Crippen molar-refractivity contribution in [3.05, 3.63) is 35.4 Å². The van der Waals surface area contributed by atoms with Crippen molar-refractivity contribution in [2.24, 2.45) is 11.7 Å². The minimum Gasteiger partial charge on any atom is -0.326 e. The van der Waals surface area contributed by atoms with Crippen LogP contribution in [0.25, 0.3) is 0 Å². The summed E-state index contributed by atoms with van der Waals surface area (Å²) in [4.78, 5) is 0. The molecule has 0 aromatic heterocycles. The smallest absolute Gasteiger partial charge is 0.0965 e. The van der Waals surface area contributed by atoms with E-state index in [0.717, 1.165) is 11.1 Å². The zero-order valence-corrected chi connectivity index (χ0v) is 9.66. The molecule has 2 rings (SSSR count). The average molecular weight is 221 g/mol. The summed E-state index contributed by atoms with van der Waals surface area (Å²) >= 11 is 0. The van der Waals surface area contributed by atoms with Crippen LogP contribution in [0.4, 0.5) is 4.39 Å². The van der Waals surface area contributed by atoms with Gasteiger partial charge in [-0.25, -0.2) is 0 Å². The third-order valence-electron chi connectivity index (χ3n) is 3.78. The van der Waals surface area contributed by atoms with Crippen LogP contribution in [0.1, 0.15) is 42.7 Å². The van der Waals surface area contributed by atoms with Crippen LogP contribution in [-0.4, -0.2) is 6.67 Å². The molecule has 1 aromatic carbocycles. The topological polar surface area (TPSA) is 26.0 Å². The molecule has 16 heavy (non-hydrogen) atoms. The fourth-order valence-electron chi connectivity index (χ4n) is 2.75. The zero-order valence-electron chi connectivity index (χ0n) is 9.66. The third-order valence-corrected chi connectivity index (χ3v) is 3.78. The second kappa shape index (κ2) is 5.44. The van der Waals surface area contributed by atoms with E-state index >= 15 is 0 Å². The van der Waals surface area contributed by atoms with Gasteiger partial charge < -0.3 is 5.73 Å². The second-order valence-corrected chi connectivity index (χ2v) is 4.75. The minimum absolute atomic E-state index is 0.106. The minimum atomic E-state index is -0.230. The SMILES string of the molecule is NCc1ccc(C(CF)C2CCCC2)cc1. The highest BCUT2D eigenvalue weighted by Gasteiger charge is 2.26. The molecule has 2 heteroatoms. The molecule has 0 aliphatic heterocycles. The van der Waals surface area contributed by atoms with Gasteiger partial charge in [0.05, 0.1) is 6.67 Å². The Kier molecular flexibility index (Phi) is 3.94. The number of hydrogen-bond donors (Lipinski definition) is 1. The molecular formula is C14H20FN. The first-order chi connectivity index (χ1) is 7.85. The van der Waals surface area contributed by atoms with Crippen molar-refractivity contribution in [2.45, 2.75) is 38.1 Å². The summed E-state index contributed by atoms with van der Waals surface area (Å²) < 4.78 is 13.2. The van der Waals surface area contributed by atoms with Gasteiger partial charge in [-0.3, -0.25) is 4.39 Å². The summed E-state index contributed by atoms with van der Waals surface area (Å²) in [6.07, 6.45) is 4.91. The number of hydrogen-bond acceptors (Lipinski definition) is 1. The number of alkyl halides is 1. The molecule has 1 aliphatic carbocycles. The lowest BCUT2D eigenvalue weighted by atomic mass is 9.85. The van der Waals surface area contributed by atoms with Crippen molar-refractivity contribution in [1.82, 2.24) is 0 Å². The predicted octanol–water partition coefficient (Wildman–Crippen LogP) is 3.39. The lowest BCUT2D eigenvalue weighted by Crippen LogP contribution is -2.12. The van der Waals surface area contributed by atoms with Crippen LogP contribution in [0.5, 0.6) is 0 Å². The normalized spacial score (nSPS) is 18.9. The molecule has 0 amide bonds. The van der Waals surface area contributed by atoms with Crippen LogP contribution >= 0.6 is 0 Å². The van der Waals surface area contributed by atoms with Crippen LogP contribution in [0.3, 0.4) is 0 Å². The maximum atomic E-state index is 13.2. The van der Waals surface area contributed by atoms with Gasteiger partial charge in [0, 0.05) is 12.5 Å². The van der Waals surface area contributed by atoms with Crippen molar-refractivity contribution >= 4 is 0 Å². The van der Waals surface area contributed by atoms with Crippen molar-refractivity contribution < 1.29 is 4.39 Å². The van der Waals surface area contributed by atoms with E-state index in [0.29, 0.717) is 12.5 Å². The summed E-state index contributed by atoms with van der Waals surface area (Å²) in [6, 6.07) is 8.13. The maximum absolute atomic E-state index is 13.2. The van der Waals surface area contributed by atoms with Gasteiger partial charge in [-0.2, -0.15) is 0 Å². The first-order valence-electron chi connectivity index (χ1n) is 6.20. The summed E-state index contributed by atoms with van der Waals surface area (Å²) in [5.41, 5.74) is 7.82. The van der Waals surface area contributed by atoms with E-state index in [9.17, 15) is 4.39 Å².